The van der Waals surface area contributed by atoms with E-state index in [0.717, 1.165) is 9.94 Å². The minimum atomic E-state index is -0.151. The van der Waals surface area contributed by atoms with Crippen molar-refractivity contribution in [2.24, 2.45) is 0 Å². The van der Waals surface area contributed by atoms with Gasteiger partial charge in [0.15, 0.2) is 5.06 Å². The summed E-state index contributed by atoms with van der Waals surface area (Å²) < 4.78 is 5.05. The van der Waals surface area contributed by atoms with E-state index in [2.05, 4.69) is 9.97 Å². The minimum Gasteiger partial charge on any atom is -0.487 e. The van der Waals surface area contributed by atoms with Crippen molar-refractivity contribution >= 4 is 11.3 Å². The summed E-state index contributed by atoms with van der Waals surface area (Å²) in [7, 11) is 1.61. The van der Waals surface area contributed by atoms with Crippen molar-refractivity contribution in [3.05, 3.63) is 34.9 Å². The van der Waals surface area contributed by atoms with Crippen LogP contribution in [0.4, 0.5) is 0 Å². The molecule has 0 atom stereocenters. The van der Waals surface area contributed by atoms with Gasteiger partial charge in [0.2, 0.25) is 0 Å². The monoisotopic (exact) mass is 208 g/mol. The second-order valence-electron chi connectivity index (χ2n) is 2.62. The first-order valence-corrected chi connectivity index (χ1v) is 4.80. The minimum absolute atomic E-state index is 0.151. The lowest BCUT2D eigenvalue weighted by molar-refractivity contribution is 0.427. The maximum atomic E-state index is 11.0. The van der Waals surface area contributed by atoms with Crippen LogP contribution < -0.4 is 10.3 Å². The zero-order chi connectivity index (χ0) is 9.97. The third-order valence-electron chi connectivity index (χ3n) is 1.71. The quantitative estimate of drug-likeness (QED) is 0.813. The molecule has 0 fully saturated rings. The highest BCUT2D eigenvalue weighted by Crippen LogP contribution is 2.30. The molecule has 0 aliphatic rings. The second kappa shape index (κ2) is 3.63. The third kappa shape index (κ3) is 1.67. The van der Waals surface area contributed by atoms with Gasteiger partial charge in [-0.1, -0.05) is 11.3 Å². The number of aromatic nitrogens is 2. The summed E-state index contributed by atoms with van der Waals surface area (Å²) in [4.78, 5) is 18.5. The Kier molecular flexibility index (Phi) is 2.32. The molecule has 5 heteroatoms. The van der Waals surface area contributed by atoms with Crippen molar-refractivity contribution in [2.45, 2.75) is 0 Å². The number of nitrogens with zero attached hydrogens (tertiary/aromatic N) is 1. The van der Waals surface area contributed by atoms with Gasteiger partial charge < -0.3 is 9.72 Å². The standard InChI is InChI=1S/C9H8N2O2S/c1-13-9-3-2-7(14-9)6-4-8(12)11-5-10-6/h2-5H,1H3,(H,10,11,12). The van der Waals surface area contributed by atoms with Crippen molar-refractivity contribution in [1.82, 2.24) is 9.97 Å². The number of hydrogen-bond acceptors (Lipinski definition) is 4. The van der Waals surface area contributed by atoms with Crippen LogP contribution in [0.25, 0.3) is 10.6 Å². The molecule has 0 spiro atoms. The van der Waals surface area contributed by atoms with Crippen molar-refractivity contribution in [3.8, 4) is 15.6 Å². The Morgan fingerprint density at radius 2 is 2.36 bits per heavy atom. The van der Waals surface area contributed by atoms with Crippen LogP contribution in [0.15, 0.2) is 29.3 Å². The normalized spacial score (nSPS) is 10.1. The van der Waals surface area contributed by atoms with Gasteiger partial charge in [-0.05, 0) is 12.1 Å². The van der Waals surface area contributed by atoms with Gasteiger partial charge in [-0.3, -0.25) is 4.79 Å². The highest BCUT2D eigenvalue weighted by Gasteiger charge is 2.03. The van der Waals surface area contributed by atoms with Gasteiger partial charge in [0, 0.05) is 6.07 Å². The number of methoxy groups -OCH3 is 1. The predicted octanol–water partition coefficient (Wildman–Crippen LogP) is 1.51. The molecule has 0 amide bonds. The fourth-order valence-electron chi connectivity index (χ4n) is 1.07. The summed E-state index contributed by atoms with van der Waals surface area (Å²) in [6.07, 6.45) is 1.39. The zero-order valence-electron chi connectivity index (χ0n) is 7.48. The first-order chi connectivity index (χ1) is 6.79. The van der Waals surface area contributed by atoms with Crippen molar-refractivity contribution in [1.29, 1.82) is 0 Å². The lowest BCUT2D eigenvalue weighted by Crippen LogP contribution is -2.03. The summed E-state index contributed by atoms with van der Waals surface area (Å²) >= 11 is 1.46. The van der Waals surface area contributed by atoms with Crippen LogP contribution in [-0.2, 0) is 0 Å². The number of thiophene rings is 1. The fourth-order valence-corrected chi connectivity index (χ4v) is 1.86. The van der Waals surface area contributed by atoms with Crippen molar-refractivity contribution in [2.75, 3.05) is 7.11 Å². The van der Waals surface area contributed by atoms with Crippen LogP contribution in [0, 0.1) is 0 Å². The summed E-state index contributed by atoms with van der Waals surface area (Å²) in [5, 5.41) is 0.807. The van der Waals surface area contributed by atoms with E-state index < -0.39 is 0 Å². The molecule has 0 radical (unpaired) electrons. The van der Waals surface area contributed by atoms with Crippen LogP contribution >= 0.6 is 11.3 Å². The van der Waals surface area contributed by atoms with Crippen LogP contribution in [0.1, 0.15) is 0 Å². The number of rotatable bonds is 2. The molecule has 0 aliphatic carbocycles. The molecular formula is C9H8N2O2S. The van der Waals surface area contributed by atoms with Gasteiger partial charge in [0.1, 0.15) is 0 Å². The molecule has 14 heavy (non-hydrogen) atoms. The van der Waals surface area contributed by atoms with Crippen molar-refractivity contribution in [3.63, 3.8) is 0 Å². The van der Waals surface area contributed by atoms with Gasteiger partial charge in [-0.15, -0.1) is 0 Å². The van der Waals surface area contributed by atoms with Crippen LogP contribution in [0.2, 0.25) is 0 Å². The second-order valence-corrected chi connectivity index (χ2v) is 3.67. The summed E-state index contributed by atoms with van der Waals surface area (Å²) in [6.45, 7) is 0. The fraction of sp³-hybridized carbons (Fsp3) is 0.111. The molecule has 4 nitrogen and oxygen atoms in total. The molecular weight excluding hydrogens is 200 g/mol. The number of hydrogen-bond donors (Lipinski definition) is 1. The number of aromatic amines is 1. The van der Waals surface area contributed by atoms with Crippen LogP contribution in [0.5, 0.6) is 5.06 Å². The van der Waals surface area contributed by atoms with Gasteiger partial charge in [-0.2, -0.15) is 0 Å². The summed E-state index contributed by atoms with van der Waals surface area (Å²) in [5.41, 5.74) is 0.518. The van der Waals surface area contributed by atoms with Gasteiger partial charge >= 0.3 is 0 Å². The Bertz CT molecular complexity index is 489. The maximum Gasteiger partial charge on any atom is 0.251 e. The smallest absolute Gasteiger partial charge is 0.251 e. The molecule has 2 aromatic rings. The number of H-pyrrole nitrogens is 1. The topological polar surface area (TPSA) is 55.0 Å². The van der Waals surface area contributed by atoms with Gasteiger partial charge in [0.05, 0.1) is 24.0 Å². The molecule has 0 aromatic carbocycles. The highest BCUT2D eigenvalue weighted by molar-refractivity contribution is 7.17. The average molecular weight is 208 g/mol. The molecule has 0 saturated carbocycles. The van der Waals surface area contributed by atoms with Crippen LogP contribution in [0.3, 0.4) is 0 Å². The van der Waals surface area contributed by atoms with Crippen LogP contribution in [-0.4, -0.2) is 17.1 Å². The SMILES string of the molecule is COc1ccc(-c2cc(=O)[nH]cn2)s1. The Hall–Kier alpha value is -1.62. The third-order valence-corrected chi connectivity index (χ3v) is 2.78. The van der Waals surface area contributed by atoms with E-state index in [1.807, 2.05) is 12.1 Å². The molecule has 72 valence electrons. The molecule has 0 unspecified atom stereocenters. The van der Waals surface area contributed by atoms with E-state index in [4.69, 9.17) is 4.74 Å². The Morgan fingerprint density at radius 1 is 1.50 bits per heavy atom. The van der Waals surface area contributed by atoms with E-state index in [1.54, 1.807) is 7.11 Å². The number of nitrogens with one attached hydrogen (secondary N) is 1. The lowest BCUT2D eigenvalue weighted by atomic mass is 10.3. The summed E-state index contributed by atoms with van der Waals surface area (Å²) in [6, 6.07) is 5.19. The molecule has 1 N–H and O–H groups in total. The Morgan fingerprint density at radius 3 is 3.00 bits per heavy atom. The Balaban J connectivity index is 2.44. The average Bonchev–Trinajstić information content (AvgIpc) is 2.66. The predicted molar refractivity (Wildman–Crippen MR) is 54.7 cm³/mol. The summed E-state index contributed by atoms with van der Waals surface area (Å²) in [5.74, 6) is 0. The maximum absolute atomic E-state index is 11.0. The van der Waals surface area contributed by atoms with E-state index >= 15 is 0 Å². The van der Waals surface area contributed by atoms with E-state index in [1.165, 1.54) is 23.7 Å². The molecule has 0 bridgehead atoms. The van der Waals surface area contributed by atoms with Gasteiger partial charge in [0.25, 0.3) is 5.56 Å². The van der Waals surface area contributed by atoms with Gasteiger partial charge in [-0.25, -0.2) is 4.98 Å². The molecule has 2 rings (SSSR count). The van der Waals surface area contributed by atoms with E-state index in [9.17, 15) is 4.79 Å². The zero-order valence-corrected chi connectivity index (χ0v) is 8.30. The molecule has 2 aromatic heterocycles. The Labute approximate surface area is 84.2 Å². The van der Waals surface area contributed by atoms with E-state index in [0.29, 0.717) is 5.69 Å². The molecule has 0 aliphatic heterocycles. The van der Waals surface area contributed by atoms with Crippen molar-refractivity contribution < 1.29 is 4.74 Å². The first-order valence-electron chi connectivity index (χ1n) is 3.98. The molecule has 0 saturated heterocycles. The lowest BCUT2D eigenvalue weighted by Gasteiger charge is -1.93. The molecule has 2 heterocycles. The first kappa shape index (κ1) is 8.96. The van der Waals surface area contributed by atoms with E-state index in [-0.39, 0.29) is 5.56 Å². The highest BCUT2D eigenvalue weighted by atomic mass is 32.1. The number of ether oxygens (including phenoxy) is 1. The largest absolute Gasteiger partial charge is 0.487 e.